The summed E-state index contributed by atoms with van der Waals surface area (Å²) in [4.78, 5) is 20.6. The number of carbonyl (C=O) groups excluding carboxylic acids is 1. The van der Waals surface area contributed by atoms with E-state index in [9.17, 15) is 17.1 Å². The van der Waals surface area contributed by atoms with Gasteiger partial charge in [-0.3, -0.25) is 9.69 Å². The molecule has 1 amide bonds. The molecule has 2 heterocycles. The molecule has 6 nitrogen and oxygen atoms in total. The average Bonchev–Trinajstić information content (AvgIpc) is 2.56. The molecule has 0 aromatic carbocycles. The van der Waals surface area contributed by atoms with Crippen LogP contribution in [0.1, 0.15) is 6.42 Å². The van der Waals surface area contributed by atoms with Crippen LogP contribution in [0.5, 0.6) is 0 Å². The Bertz CT molecular complexity index is 580. The zero-order valence-corrected chi connectivity index (χ0v) is 10.7. The maximum Gasteiger partial charge on any atom is 0.302 e. The van der Waals surface area contributed by atoms with Crippen LogP contribution in [0.15, 0.2) is 12.3 Å². The molecule has 1 saturated heterocycles. The predicted molar refractivity (Wildman–Crippen MR) is 62.4 cm³/mol. The van der Waals surface area contributed by atoms with Crippen molar-refractivity contribution in [3.8, 4) is 0 Å². The van der Waals surface area contributed by atoms with Crippen molar-refractivity contribution in [1.29, 1.82) is 0 Å². The number of nitrogens with zero attached hydrogens (tertiary/aromatic N) is 3. The molecule has 2 rings (SSSR count). The fraction of sp³-hybridized carbons (Fsp3) is 0.444. The Morgan fingerprint density at radius 2 is 2.28 bits per heavy atom. The lowest BCUT2D eigenvalue weighted by molar-refractivity contribution is -0.117. The fourth-order valence-corrected chi connectivity index (χ4v) is 2.74. The van der Waals surface area contributed by atoms with Crippen molar-refractivity contribution in [1.82, 2.24) is 9.97 Å². The first-order valence-corrected chi connectivity index (χ1v) is 6.99. The average molecular weight is 294 g/mol. The van der Waals surface area contributed by atoms with Crippen LogP contribution in [0.25, 0.3) is 0 Å². The molecule has 1 aromatic rings. The highest BCUT2D eigenvalue weighted by molar-refractivity contribution is 7.86. The highest BCUT2D eigenvalue weighted by Crippen LogP contribution is 2.24. The highest BCUT2D eigenvalue weighted by atomic mass is 35.5. The topological polar surface area (TPSA) is 80.2 Å². The molecule has 1 aromatic heterocycles. The number of halogens is 2. The van der Waals surface area contributed by atoms with E-state index in [0.717, 1.165) is 0 Å². The van der Waals surface area contributed by atoms with Crippen LogP contribution in [0.4, 0.5) is 9.83 Å². The minimum atomic E-state index is -4.59. The van der Waals surface area contributed by atoms with E-state index in [1.807, 2.05) is 0 Å². The molecule has 0 bridgehead atoms. The number of amides is 1. The van der Waals surface area contributed by atoms with E-state index >= 15 is 0 Å². The first kappa shape index (κ1) is 13.2. The second-order valence-corrected chi connectivity index (χ2v) is 5.76. The molecule has 1 aliphatic rings. The summed E-state index contributed by atoms with van der Waals surface area (Å²) in [5.41, 5.74) is 0. The van der Waals surface area contributed by atoms with E-state index in [1.54, 1.807) is 0 Å². The Morgan fingerprint density at radius 3 is 2.89 bits per heavy atom. The van der Waals surface area contributed by atoms with Crippen LogP contribution in [0.3, 0.4) is 0 Å². The summed E-state index contributed by atoms with van der Waals surface area (Å²) in [6.45, 7) is 0.0718. The SMILES string of the molecule is O=C1CC(CS(=O)(=O)F)CN1c1nccc(Cl)n1. The van der Waals surface area contributed by atoms with Gasteiger partial charge in [0.15, 0.2) is 0 Å². The lowest BCUT2D eigenvalue weighted by Gasteiger charge is -2.13. The molecular formula is C9H9ClFN3O3S. The molecule has 1 fully saturated rings. The van der Waals surface area contributed by atoms with Crippen LogP contribution in [-0.4, -0.2) is 36.6 Å². The number of aromatic nitrogens is 2. The summed E-state index contributed by atoms with van der Waals surface area (Å²) in [5, 5.41) is 0.175. The van der Waals surface area contributed by atoms with Gasteiger partial charge in [0.25, 0.3) is 0 Å². The van der Waals surface area contributed by atoms with Gasteiger partial charge >= 0.3 is 10.2 Å². The summed E-state index contributed by atoms with van der Waals surface area (Å²) >= 11 is 5.67. The van der Waals surface area contributed by atoms with Crippen LogP contribution >= 0.6 is 11.6 Å². The Labute approximate surface area is 108 Å². The summed E-state index contributed by atoms with van der Waals surface area (Å²) < 4.78 is 33.6. The Hall–Kier alpha value is -1.28. The van der Waals surface area contributed by atoms with Crippen molar-refractivity contribution in [2.45, 2.75) is 6.42 Å². The number of hydrogen-bond donors (Lipinski definition) is 0. The van der Waals surface area contributed by atoms with Crippen molar-refractivity contribution < 1.29 is 17.1 Å². The molecule has 18 heavy (non-hydrogen) atoms. The lowest BCUT2D eigenvalue weighted by Crippen LogP contribution is -2.27. The van der Waals surface area contributed by atoms with Gasteiger partial charge in [-0.05, 0) is 6.07 Å². The lowest BCUT2D eigenvalue weighted by atomic mass is 10.1. The number of rotatable bonds is 3. The monoisotopic (exact) mass is 293 g/mol. The summed E-state index contributed by atoms with van der Waals surface area (Å²) in [5.74, 6) is -1.50. The molecular weight excluding hydrogens is 285 g/mol. The van der Waals surface area contributed by atoms with Gasteiger partial charge in [-0.1, -0.05) is 11.6 Å². The van der Waals surface area contributed by atoms with Crippen LogP contribution in [0, 0.1) is 5.92 Å². The zero-order valence-electron chi connectivity index (χ0n) is 9.08. The third-order valence-corrected chi connectivity index (χ3v) is 3.57. The van der Waals surface area contributed by atoms with Gasteiger partial charge in [0.05, 0.1) is 5.75 Å². The Balaban J connectivity index is 2.15. The third-order valence-electron chi connectivity index (χ3n) is 2.49. The van der Waals surface area contributed by atoms with E-state index < -0.39 is 21.9 Å². The van der Waals surface area contributed by atoms with Crippen LogP contribution in [0.2, 0.25) is 5.15 Å². The molecule has 0 N–H and O–H groups in total. The molecule has 1 unspecified atom stereocenters. The summed E-state index contributed by atoms with van der Waals surface area (Å²) in [6, 6.07) is 1.45. The van der Waals surface area contributed by atoms with E-state index in [-0.39, 0.29) is 30.0 Å². The van der Waals surface area contributed by atoms with Gasteiger partial charge in [0.2, 0.25) is 11.9 Å². The van der Waals surface area contributed by atoms with E-state index in [2.05, 4.69) is 9.97 Å². The maximum absolute atomic E-state index is 12.6. The number of anilines is 1. The standard InChI is InChI=1S/C9H9ClFN3O3S/c10-7-1-2-12-9(13-7)14-4-6(3-8(14)15)5-18(11,16)17/h1-2,6H,3-5H2. The quantitative estimate of drug-likeness (QED) is 0.608. The van der Waals surface area contributed by atoms with E-state index in [0.29, 0.717) is 0 Å². The Morgan fingerprint density at radius 1 is 1.56 bits per heavy atom. The zero-order chi connectivity index (χ0) is 13.3. The van der Waals surface area contributed by atoms with Gasteiger partial charge < -0.3 is 0 Å². The molecule has 0 saturated carbocycles. The molecule has 1 atom stereocenters. The summed E-state index contributed by atoms with van der Waals surface area (Å²) in [7, 11) is -4.59. The third kappa shape index (κ3) is 3.14. The van der Waals surface area contributed by atoms with Crippen molar-refractivity contribution in [3.63, 3.8) is 0 Å². The van der Waals surface area contributed by atoms with E-state index in [4.69, 9.17) is 11.6 Å². The van der Waals surface area contributed by atoms with Gasteiger partial charge in [0, 0.05) is 25.1 Å². The maximum atomic E-state index is 12.6. The Kier molecular flexibility index (Phi) is 3.49. The molecule has 0 spiro atoms. The van der Waals surface area contributed by atoms with E-state index in [1.165, 1.54) is 17.2 Å². The van der Waals surface area contributed by atoms with Crippen molar-refractivity contribution >= 4 is 33.7 Å². The minimum Gasteiger partial charge on any atom is -0.280 e. The molecule has 1 aliphatic heterocycles. The second kappa shape index (κ2) is 4.77. The first-order valence-electron chi connectivity index (χ1n) is 5.06. The number of carbonyl (C=O) groups is 1. The molecule has 98 valence electrons. The first-order chi connectivity index (χ1) is 8.35. The molecule has 9 heteroatoms. The van der Waals surface area contributed by atoms with Crippen LogP contribution in [-0.2, 0) is 15.0 Å². The second-order valence-electron chi connectivity index (χ2n) is 3.96. The largest absolute Gasteiger partial charge is 0.302 e. The van der Waals surface area contributed by atoms with Crippen molar-refractivity contribution in [2.75, 3.05) is 17.2 Å². The van der Waals surface area contributed by atoms with Crippen LogP contribution < -0.4 is 4.90 Å². The summed E-state index contributed by atoms with van der Waals surface area (Å²) in [6.07, 6.45) is 1.34. The predicted octanol–water partition coefficient (Wildman–Crippen LogP) is 0.782. The van der Waals surface area contributed by atoms with Crippen molar-refractivity contribution in [3.05, 3.63) is 17.4 Å². The van der Waals surface area contributed by atoms with Crippen molar-refractivity contribution in [2.24, 2.45) is 5.92 Å². The van der Waals surface area contributed by atoms with Gasteiger partial charge in [-0.25, -0.2) is 9.97 Å². The highest BCUT2D eigenvalue weighted by Gasteiger charge is 2.34. The van der Waals surface area contributed by atoms with Gasteiger partial charge in [0.1, 0.15) is 5.15 Å². The van der Waals surface area contributed by atoms with Gasteiger partial charge in [-0.2, -0.15) is 8.42 Å². The molecule has 0 radical (unpaired) electrons. The normalized spacial score (nSPS) is 20.4. The number of hydrogen-bond acceptors (Lipinski definition) is 5. The minimum absolute atomic E-state index is 0.0426. The smallest absolute Gasteiger partial charge is 0.280 e. The molecule has 0 aliphatic carbocycles. The fourth-order valence-electron chi connectivity index (χ4n) is 1.83. The van der Waals surface area contributed by atoms with Gasteiger partial charge in [-0.15, -0.1) is 3.89 Å².